The molecular weight excluding hydrogens is 252 g/mol. The molecule has 1 saturated carbocycles. The predicted octanol–water partition coefficient (Wildman–Crippen LogP) is 2.39. The summed E-state index contributed by atoms with van der Waals surface area (Å²) in [4.78, 5) is 19.4. The summed E-state index contributed by atoms with van der Waals surface area (Å²) < 4.78 is 5.09. The molecule has 2 aromatic rings. The van der Waals surface area contributed by atoms with Gasteiger partial charge in [-0.05, 0) is 18.4 Å². The molecule has 0 amide bonds. The van der Waals surface area contributed by atoms with Crippen LogP contribution < -0.4 is 5.56 Å². The first-order chi connectivity index (χ1) is 9.74. The van der Waals surface area contributed by atoms with Crippen LogP contribution in [-0.4, -0.2) is 17.1 Å². The lowest BCUT2D eigenvalue weighted by Gasteiger charge is -2.41. The largest absolute Gasteiger partial charge is 0.378 e. The molecule has 0 aliphatic heterocycles. The van der Waals surface area contributed by atoms with Crippen LogP contribution >= 0.6 is 0 Å². The van der Waals surface area contributed by atoms with Crippen LogP contribution in [0.3, 0.4) is 0 Å². The molecular formula is C16H18N2O2. The van der Waals surface area contributed by atoms with Crippen molar-refractivity contribution in [3.05, 3.63) is 63.8 Å². The second kappa shape index (κ2) is 5.21. The number of nitrogens with zero attached hydrogens (tertiary/aromatic N) is 1. The van der Waals surface area contributed by atoms with Gasteiger partial charge < -0.3 is 9.72 Å². The third-order valence-corrected chi connectivity index (χ3v) is 4.07. The Morgan fingerprint density at radius 3 is 2.65 bits per heavy atom. The van der Waals surface area contributed by atoms with Crippen LogP contribution in [0.2, 0.25) is 0 Å². The molecule has 0 unspecified atom stereocenters. The normalized spacial score (nSPS) is 16.6. The number of hydrogen-bond donors (Lipinski definition) is 1. The fraction of sp³-hybridized carbons (Fsp3) is 0.375. The van der Waals surface area contributed by atoms with Crippen LogP contribution in [0.4, 0.5) is 0 Å². The van der Waals surface area contributed by atoms with Crippen molar-refractivity contribution in [3.8, 4) is 0 Å². The first-order valence-electron chi connectivity index (χ1n) is 6.90. The zero-order chi connectivity index (χ0) is 14.0. The lowest BCUT2D eigenvalue weighted by atomic mass is 9.64. The van der Waals surface area contributed by atoms with Crippen LogP contribution in [-0.2, 0) is 16.8 Å². The van der Waals surface area contributed by atoms with Crippen molar-refractivity contribution < 1.29 is 4.74 Å². The quantitative estimate of drug-likeness (QED) is 0.928. The summed E-state index contributed by atoms with van der Waals surface area (Å²) in [6.45, 7) is 0.363. The van der Waals surface area contributed by atoms with Crippen LogP contribution in [0.5, 0.6) is 0 Å². The highest BCUT2D eigenvalue weighted by Gasteiger charge is 2.42. The molecule has 0 spiro atoms. The Bertz CT molecular complexity index is 645. The van der Waals surface area contributed by atoms with Crippen LogP contribution in [0.25, 0.3) is 0 Å². The summed E-state index contributed by atoms with van der Waals surface area (Å²) in [7, 11) is 1.61. The lowest BCUT2D eigenvalue weighted by Crippen LogP contribution is -2.39. The van der Waals surface area contributed by atoms with Gasteiger partial charge in [0.2, 0.25) is 0 Å². The molecule has 1 fully saturated rings. The molecule has 4 heteroatoms. The second-order valence-corrected chi connectivity index (χ2v) is 5.32. The summed E-state index contributed by atoms with van der Waals surface area (Å²) >= 11 is 0. The molecule has 0 bridgehead atoms. The van der Waals surface area contributed by atoms with E-state index in [4.69, 9.17) is 4.74 Å². The predicted molar refractivity (Wildman–Crippen MR) is 76.6 cm³/mol. The van der Waals surface area contributed by atoms with Gasteiger partial charge in [-0.1, -0.05) is 36.8 Å². The van der Waals surface area contributed by atoms with Crippen molar-refractivity contribution in [1.82, 2.24) is 9.97 Å². The van der Waals surface area contributed by atoms with E-state index < -0.39 is 0 Å². The Kier molecular flexibility index (Phi) is 3.40. The SMILES string of the molecule is COCc1cc(=O)[nH]c(C2(c3ccccc3)CCC2)n1. The Morgan fingerprint density at radius 1 is 1.30 bits per heavy atom. The van der Waals surface area contributed by atoms with Gasteiger partial charge in [0.25, 0.3) is 5.56 Å². The summed E-state index contributed by atoms with van der Waals surface area (Å²) in [5.41, 5.74) is 1.67. The Labute approximate surface area is 117 Å². The van der Waals surface area contributed by atoms with Crippen molar-refractivity contribution in [1.29, 1.82) is 0 Å². The minimum Gasteiger partial charge on any atom is -0.378 e. The van der Waals surface area contributed by atoms with E-state index in [0.717, 1.165) is 25.1 Å². The van der Waals surface area contributed by atoms with Crippen LogP contribution in [0.1, 0.15) is 36.3 Å². The maximum atomic E-state index is 11.9. The molecule has 1 aromatic heterocycles. The van der Waals surface area contributed by atoms with E-state index in [1.807, 2.05) is 18.2 Å². The van der Waals surface area contributed by atoms with E-state index in [9.17, 15) is 4.79 Å². The van der Waals surface area contributed by atoms with Crippen molar-refractivity contribution in [2.75, 3.05) is 7.11 Å². The van der Waals surface area contributed by atoms with E-state index in [2.05, 4.69) is 22.1 Å². The van der Waals surface area contributed by atoms with Gasteiger partial charge >= 0.3 is 0 Å². The zero-order valence-electron chi connectivity index (χ0n) is 11.6. The third kappa shape index (κ3) is 2.16. The Morgan fingerprint density at radius 2 is 2.05 bits per heavy atom. The van der Waals surface area contributed by atoms with E-state index >= 15 is 0 Å². The van der Waals surface area contributed by atoms with Crippen LogP contribution in [0, 0.1) is 0 Å². The van der Waals surface area contributed by atoms with E-state index in [1.165, 1.54) is 11.6 Å². The number of hydrogen-bond acceptors (Lipinski definition) is 3. The maximum Gasteiger partial charge on any atom is 0.251 e. The number of nitrogens with one attached hydrogen (secondary N) is 1. The summed E-state index contributed by atoms with van der Waals surface area (Å²) in [5.74, 6) is 0.773. The fourth-order valence-electron chi connectivity index (χ4n) is 2.91. The molecule has 1 aliphatic rings. The highest BCUT2D eigenvalue weighted by Crippen LogP contribution is 2.47. The highest BCUT2D eigenvalue weighted by molar-refractivity contribution is 5.35. The van der Waals surface area contributed by atoms with Crippen molar-refractivity contribution in [3.63, 3.8) is 0 Å². The number of aromatic nitrogens is 2. The van der Waals surface area contributed by atoms with E-state index in [0.29, 0.717) is 12.3 Å². The Hall–Kier alpha value is -1.94. The molecule has 3 rings (SSSR count). The number of benzene rings is 1. The molecule has 4 nitrogen and oxygen atoms in total. The van der Waals surface area contributed by atoms with Gasteiger partial charge in [-0.3, -0.25) is 4.79 Å². The Balaban J connectivity index is 2.08. The van der Waals surface area contributed by atoms with Gasteiger partial charge in [-0.15, -0.1) is 0 Å². The molecule has 1 heterocycles. The molecule has 104 valence electrons. The number of methoxy groups -OCH3 is 1. The average molecular weight is 270 g/mol. The van der Waals surface area contributed by atoms with Gasteiger partial charge in [0, 0.05) is 13.2 Å². The first kappa shape index (κ1) is 13.1. The van der Waals surface area contributed by atoms with Crippen molar-refractivity contribution in [2.24, 2.45) is 0 Å². The van der Waals surface area contributed by atoms with Crippen molar-refractivity contribution >= 4 is 0 Å². The summed E-state index contributed by atoms with van der Waals surface area (Å²) in [6, 6.07) is 11.8. The number of aromatic amines is 1. The van der Waals surface area contributed by atoms with Gasteiger partial charge in [0.1, 0.15) is 5.82 Å². The molecule has 0 saturated heterocycles. The molecule has 1 aliphatic carbocycles. The summed E-state index contributed by atoms with van der Waals surface area (Å²) in [6.07, 6.45) is 3.21. The zero-order valence-corrected chi connectivity index (χ0v) is 11.6. The topological polar surface area (TPSA) is 55.0 Å². The third-order valence-electron chi connectivity index (χ3n) is 4.07. The number of ether oxygens (including phenoxy) is 1. The van der Waals surface area contributed by atoms with Gasteiger partial charge in [-0.2, -0.15) is 0 Å². The standard InChI is InChI=1S/C16H18N2O2/c1-20-11-13-10-14(19)18-15(17-13)16(8-5-9-16)12-6-3-2-4-7-12/h2-4,6-7,10H,5,8-9,11H2,1H3,(H,17,18,19). The van der Waals surface area contributed by atoms with E-state index in [-0.39, 0.29) is 11.0 Å². The minimum absolute atomic E-state index is 0.107. The van der Waals surface area contributed by atoms with Crippen molar-refractivity contribution in [2.45, 2.75) is 31.3 Å². The minimum atomic E-state index is -0.135. The first-order valence-corrected chi connectivity index (χ1v) is 6.90. The van der Waals surface area contributed by atoms with Gasteiger partial charge in [-0.25, -0.2) is 4.98 Å². The molecule has 0 radical (unpaired) electrons. The fourth-order valence-corrected chi connectivity index (χ4v) is 2.91. The molecule has 1 N–H and O–H groups in total. The number of H-pyrrole nitrogens is 1. The second-order valence-electron chi connectivity index (χ2n) is 5.32. The van der Waals surface area contributed by atoms with Gasteiger partial charge in [0.05, 0.1) is 17.7 Å². The smallest absolute Gasteiger partial charge is 0.251 e. The highest BCUT2D eigenvalue weighted by atomic mass is 16.5. The van der Waals surface area contributed by atoms with E-state index in [1.54, 1.807) is 7.11 Å². The number of rotatable bonds is 4. The maximum absolute atomic E-state index is 11.9. The summed E-state index contributed by atoms with van der Waals surface area (Å²) in [5, 5.41) is 0. The molecule has 1 aromatic carbocycles. The lowest BCUT2D eigenvalue weighted by molar-refractivity contribution is 0.180. The average Bonchev–Trinajstić information content (AvgIpc) is 2.38. The molecule has 20 heavy (non-hydrogen) atoms. The van der Waals surface area contributed by atoms with Crippen LogP contribution in [0.15, 0.2) is 41.2 Å². The van der Waals surface area contributed by atoms with Gasteiger partial charge in [0.15, 0.2) is 0 Å². The molecule has 0 atom stereocenters. The monoisotopic (exact) mass is 270 g/mol.